The van der Waals surface area contributed by atoms with E-state index < -0.39 is 6.09 Å². The Balaban J connectivity index is 0.000000291. The third-order valence-corrected chi connectivity index (χ3v) is 6.97. The standard InChI is InChI=1S/C20H25ClN4O.C4H8N2O2/c21-16-7-8-17-15(6-9-18(24-17)25-11-14(22)12-25)19(16)20(26)23-10-13-4-2-1-3-5-13;7-4(8)6-3-1-5-2-3/h6-9,13-14H,1-5,10-12,22H2,(H,23,26);3,5-6H,1-2H2,(H,7,8). The molecule has 2 amide bonds. The molecule has 0 unspecified atom stereocenters. The summed E-state index contributed by atoms with van der Waals surface area (Å²) >= 11 is 6.36. The summed E-state index contributed by atoms with van der Waals surface area (Å²) in [5.41, 5.74) is 7.17. The van der Waals surface area contributed by atoms with Crippen LogP contribution in [0.5, 0.6) is 0 Å². The molecule has 3 aliphatic rings. The Morgan fingerprint density at radius 3 is 2.47 bits per heavy atom. The largest absolute Gasteiger partial charge is 0.465 e. The minimum absolute atomic E-state index is 0.105. The van der Waals surface area contributed by atoms with E-state index >= 15 is 0 Å². The van der Waals surface area contributed by atoms with Crippen LogP contribution in [-0.4, -0.2) is 66.9 Å². The Labute approximate surface area is 204 Å². The average Bonchev–Trinajstić information content (AvgIpc) is 2.78. The average molecular weight is 489 g/mol. The van der Waals surface area contributed by atoms with Gasteiger partial charge in [0.05, 0.1) is 22.1 Å². The number of amides is 2. The lowest BCUT2D eigenvalue weighted by atomic mass is 9.89. The first kappa shape index (κ1) is 24.5. The zero-order chi connectivity index (χ0) is 24.1. The number of hydrogen-bond acceptors (Lipinski definition) is 6. The highest BCUT2D eigenvalue weighted by Crippen LogP contribution is 2.29. The molecule has 2 aliphatic heterocycles. The molecule has 0 atom stereocenters. The molecule has 9 nitrogen and oxygen atoms in total. The second kappa shape index (κ2) is 11.2. The Hall–Kier alpha value is -2.62. The highest BCUT2D eigenvalue weighted by Gasteiger charge is 2.25. The van der Waals surface area contributed by atoms with Crippen molar-refractivity contribution in [1.29, 1.82) is 0 Å². The van der Waals surface area contributed by atoms with Crippen LogP contribution in [0.2, 0.25) is 5.02 Å². The van der Waals surface area contributed by atoms with Gasteiger partial charge in [0.25, 0.3) is 5.91 Å². The number of rotatable bonds is 5. The first-order valence-corrected chi connectivity index (χ1v) is 12.4. The lowest BCUT2D eigenvalue weighted by Gasteiger charge is -2.37. The zero-order valence-corrected chi connectivity index (χ0v) is 20.0. The summed E-state index contributed by atoms with van der Waals surface area (Å²) in [4.78, 5) is 29.5. The van der Waals surface area contributed by atoms with Crippen molar-refractivity contribution in [3.63, 3.8) is 0 Å². The number of halogens is 1. The van der Waals surface area contributed by atoms with Crippen LogP contribution in [-0.2, 0) is 0 Å². The van der Waals surface area contributed by atoms with Gasteiger partial charge >= 0.3 is 6.09 Å². The van der Waals surface area contributed by atoms with Gasteiger partial charge in [0, 0.05) is 44.2 Å². The molecule has 5 rings (SSSR count). The second-order valence-corrected chi connectivity index (χ2v) is 9.75. The number of carbonyl (C=O) groups excluding carboxylic acids is 1. The molecule has 2 aromatic rings. The molecule has 3 fully saturated rings. The predicted octanol–water partition coefficient (Wildman–Crippen LogP) is 2.57. The molecule has 2 saturated heterocycles. The molecule has 184 valence electrons. The van der Waals surface area contributed by atoms with Gasteiger partial charge in [0.1, 0.15) is 5.82 Å². The number of hydrogen-bond donors (Lipinski definition) is 5. The van der Waals surface area contributed by atoms with Gasteiger partial charge in [-0.3, -0.25) is 4.79 Å². The normalized spacial score (nSPS) is 18.9. The van der Waals surface area contributed by atoms with E-state index in [9.17, 15) is 9.59 Å². The smallest absolute Gasteiger partial charge is 0.404 e. The van der Waals surface area contributed by atoms with Crippen molar-refractivity contribution in [3.05, 3.63) is 34.9 Å². The Morgan fingerprint density at radius 1 is 1.15 bits per heavy atom. The molecule has 6 N–H and O–H groups in total. The molecule has 1 aromatic carbocycles. The highest BCUT2D eigenvalue weighted by atomic mass is 35.5. The molecule has 10 heteroatoms. The molecule has 0 radical (unpaired) electrons. The van der Waals surface area contributed by atoms with Crippen LogP contribution in [0.4, 0.5) is 10.6 Å². The number of aromatic nitrogens is 1. The molecule has 1 aromatic heterocycles. The molecule has 1 aliphatic carbocycles. The van der Waals surface area contributed by atoms with E-state index in [-0.39, 0.29) is 18.0 Å². The number of carboxylic acid groups (broad SMARTS) is 1. The highest BCUT2D eigenvalue weighted by molar-refractivity contribution is 6.35. The Morgan fingerprint density at radius 2 is 1.88 bits per heavy atom. The number of nitrogens with two attached hydrogens (primary N) is 1. The van der Waals surface area contributed by atoms with Gasteiger partial charge in [-0.15, -0.1) is 0 Å². The van der Waals surface area contributed by atoms with E-state index in [1.165, 1.54) is 32.1 Å². The number of benzene rings is 1. The number of anilines is 1. The van der Waals surface area contributed by atoms with Crippen molar-refractivity contribution in [2.75, 3.05) is 37.6 Å². The van der Waals surface area contributed by atoms with Crippen molar-refractivity contribution in [3.8, 4) is 0 Å². The summed E-state index contributed by atoms with van der Waals surface area (Å²) in [6, 6.07) is 7.90. The fourth-order valence-corrected chi connectivity index (χ4v) is 4.81. The molecule has 0 bridgehead atoms. The predicted molar refractivity (Wildman–Crippen MR) is 134 cm³/mol. The van der Waals surface area contributed by atoms with Crippen LogP contribution in [0.3, 0.4) is 0 Å². The van der Waals surface area contributed by atoms with E-state index in [0.717, 1.165) is 49.4 Å². The first-order chi connectivity index (χ1) is 16.4. The molecule has 3 heterocycles. The third kappa shape index (κ3) is 6.08. The summed E-state index contributed by atoms with van der Waals surface area (Å²) in [5, 5.41) is 17.7. The summed E-state index contributed by atoms with van der Waals surface area (Å²) in [7, 11) is 0. The summed E-state index contributed by atoms with van der Waals surface area (Å²) in [6.07, 6.45) is 5.32. The fraction of sp³-hybridized carbons (Fsp3) is 0.542. The number of nitrogens with zero attached hydrogens (tertiary/aromatic N) is 2. The number of pyridine rings is 1. The van der Waals surface area contributed by atoms with Crippen molar-refractivity contribution in [2.24, 2.45) is 11.7 Å². The van der Waals surface area contributed by atoms with Crippen molar-refractivity contribution in [1.82, 2.24) is 20.9 Å². The lowest BCUT2D eigenvalue weighted by Crippen LogP contribution is -2.56. The minimum atomic E-state index is -0.934. The topological polar surface area (TPSA) is 133 Å². The molecular weight excluding hydrogens is 456 g/mol. The van der Waals surface area contributed by atoms with Gasteiger partial charge < -0.3 is 31.7 Å². The van der Waals surface area contributed by atoms with Crippen LogP contribution in [0.1, 0.15) is 42.5 Å². The molecular formula is C24H33ClN6O3. The second-order valence-electron chi connectivity index (χ2n) is 9.34. The maximum atomic E-state index is 12.8. The van der Waals surface area contributed by atoms with Gasteiger partial charge in [-0.05, 0) is 43.0 Å². The van der Waals surface area contributed by atoms with E-state index in [0.29, 0.717) is 16.5 Å². The third-order valence-electron chi connectivity index (χ3n) is 6.65. The van der Waals surface area contributed by atoms with Crippen LogP contribution in [0.25, 0.3) is 10.9 Å². The maximum Gasteiger partial charge on any atom is 0.404 e. The maximum absolute atomic E-state index is 12.8. The summed E-state index contributed by atoms with van der Waals surface area (Å²) in [5.74, 6) is 1.38. The van der Waals surface area contributed by atoms with E-state index in [2.05, 4.69) is 20.9 Å². The van der Waals surface area contributed by atoms with E-state index in [1.807, 2.05) is 18.2 Å². The lowest BCUT2D eigenvalue weighted by molar-refractivity contribution is 0.0945. The fourth-order valence-electron chi connectivity index (χ4n) is 4.56. The van der Waals surface area contributed by atoms with Crippen molar-refractivity contribution >= 4 is 40.3 Å². The summed E-state index contributed by atoms with van der Waals surface area (Å²) in [6.45, 7) is 3.91. The van der Waals surface area contributed by atoms with Crippen molar-refractivity contribution < 1.29 is 14.7 Å². The van der Waals surface area contributed by atoms with Crippen LogP contribution in [0, 0.1) is 5.92 Å². The Kier molecular flexibility index (Phi) is 8.07. The van der Waals surface area contributed by atoms with Crippen LogP contribution >= 0.6 is 11.6 Å². The quantitative estimate of drug-likeness (QED) is 0.437. The SMILES string of the molecule is NC1CN(c2ccc3c(C(=O)NCC4CCCCC4)c(Cl)ccc3n2)C1.O=C(O)NC1CNC1. The molecule has 0 spiro atoms. The van der Waals surface area contributed by atoms with Gasteiger partial charge in [-0.25, -0.2) is 9.78 Å². The monoisotopic (exact) mass is 488 g/mol. The van der Waals surface area contributed by atoms with Crippen molar-refractivity contribution in [2.45, 2.75) is 44.2 Å². The van der Waals surface area contributed by atoms with Gasteiger partial charge in [-0.1, -0.05) is 30.9 Å². The summed E-state index contributed by atoms with van der Waals surface area (Å²) < 4.78 is 0. The molecule has 34 heavy (non-hydrogen) atoms. The van der Waals surface area contributed by atoms with Gasteiger partial charge in [0.2, 0.25) is 0 Å². The van der Waals surface area contributed by atoms with E-state index in [1.54, 1.807) is 6.07 Å². The van der Waals surface area contributed by atoms with Crippen LogP contribution < -0.4 is 26.6 Å². The van der Waals surface area contributed by atoms with E-state index in [4.69, 9.17) is 27.4 Å². The minimum Gasteiger partial charge on any atom is -0.465 e. The zero-order valence-electron chi connectivity index (χ0n) is 19.2. The van der Waals surface area contributed by atoms with Crippen LogP contribution in [0.15, 0.2) is 24.3 Å². The number of carbonyl (C=O) groups is 2. The van der Waals surface area contributed by atoms with Gasteiger partial charge in [0.15, 0.2) is 0 Å². The number of fused-ring (bicyclic) bond motifs is 1. The molecule has 1 saturated carbocycles. The first-order valence-electron chi connectivity index (χ1n) is 12.0. The van der Waals surface area contributed by atoms with Gasteiger partial charge in [-0.2, -0.15) is 0 Å². The number of nitrogens with one attached hydrogen (secondary N) is 3. The Bertz CT molecular complexity index is 1020.